The van der Waals surface area contributed by atoms with Crippen molar-refractivity contribution >= 4 is 16.1 Å². The zero-order valence-electron chi connectivity index (χ0n) is 10.9. The van der Waals surface area contributed by atoms with Gasteiger partial charge in [-0.2, -0.15) is 0 Å². The molecular weight excluding hydrogens is 258 g/mol. The van der Waals surface area contributed by atoms with E-state index in [1.165, 1.54) is 6.08 Å². The molecule has 6 nitrogen and oxygen atoms in total. The largest absolute Gasteiger partial charge is 0.744 e. The molecule has 0 unspecified atom stereocenters. The number of quaternary nitrogens is 1. The highest BCUT2D eigenvalue weighted by Crippen LogP contribution is 2.03. The van der Waals surface area contributed by atoms with Crippen LogP contribution in [0.3, 0.4) is 0 Å². The SMILES string of the molecule is C=C(C)OC(=O)CC[N+](C)(C)CC=CS(=O)(=O)[O-]. The Balaban J connectivity index is 4.20. The minimum absolute atomic E-state index is 0.192. The van der Waals surface area contributed by atoms with E-state index in [0.717, 1.165) is 0 Å². The first-order chi connectivity index (χ1) is 8.02. The molecular formula is C11H19NO5S. The van der Waals surface area contributed by atoms with Crippen molar-refractivity contribution in [1.82, 2.24) is 0 Å². The fraction of sp³-hybridized carbons (Fsp3) is 0.545. The van der Waals surface area contributed by atoms with Gasteiger partial charge in [-0.05, 0) is 13.0 Å². The summed E-state index contributed by atoms with van der Waals surface area (Å²) in [5, 5.41) is 0.624. The van der Waals surface area contributed by atoms with Gasteiger partial charge in [-0.1, -0.05) is 6.58 Å². The van der Waals surface area contributed by atoms with E-state index >= 15 is 0 Å². The summed E-state index contributed by atoms with van der Waals surface area (Å²) < 4.78 is 36.3. The van der Waals surface area contributed by atoms with Gasteiger partial charge in [0.05, 0.1) is 39.4 Å². The third-order valence-electron chi connectivity index (χ3n) is 2.07. The molecule has 0 aromatic heterocycles. The molecule has 0 aromatic rings. The molecule has 0 aliphatic heterocycles. The average Bonchev–Trinajstić information content (AvgIpc) is 2.11. The Kier molecular flexibility index (Phi) is 6.23. The first kappa shape index (κ1) is 16.8. The molecule has 104 valence electrons. The van der Waals surface area contributed by atoms with Crippen molar-refractivity contribution < 1.29 is 27.0 Å². The van der Waals surface area contributed by atoms with Gasteiger partial charge in [-0.15, -0.1) is 0 Å². The van der Waals surface area contributed by atoms with E-state index in [0.29, 0.717) is 28.7 Å². The second-order valence-electron chi connectivity index (χ2n) is 4.63. The summed E-state index contributed by atoms with van der Waals surface area (Å²) in [5.74, 6) is -0.0447. The Morgan fingerprint density at radius 2 is 2.00 bits per heavy atom. The van der Waals surface area contributed by atoms with Gasteiger partial charge >= 0.3 is 5.97 Å². The number of ether oxygens (including phenoxy) is 1. The number of carbonyl (C=O) groups excluding carboxylic acids is 1. The molecule has 0 amide bonds. The molecule has 0 aliphatic rings. The topological polar surface area (TPSA) is 83.5 Å². The molecule has 0 atom stereocenters. The van der Waals surface area contributed by atoms with Crippen LogP contribution in [0.15, 0.2) is 23.8 Å². The van der Waals surface area contributed by atoms with Gasteiger partial charge < -0.3 is 13.8 Å². The molecule has 0 aliphatic carbocycles. The zero-order valence-corrected chi connectivity index (χ0v) is 11.7. The second kappa shape index (κ2) is 6.67. The van der Waals surface area contributed by atoms with E-state index in [4.69, 9.17) is 4.74 Å². The van der Waals surface area contributed by atoms with Crippen LogP contribution in [-0.4, -0.2) is 50.6 Å². The highest BCUT2D eigenvalue weighted by atomic mass is 32.2. The second-order valence-corrected chi connectivity index (χ2v) is 5.89. The van der Waals surface area contributed by atoms with Crippen LogP contribution in [-0.2, 0) is 19.6 Å². The van der Waals surface area contributed by atoms with Crippen molar-refractivity contribution in [3.05, 3.63) is 23.8 Å². The smallest absolute Gasteiger partial charge is 0.316 e. The summed E-state index contributed by atoms with van der Waals surface area (Å²) in [4.78, 5) is 11.3. The van der Waals surface area contributed by atoms with Gasteiger partial charge in [-0.3, -0.25) is 4.79 Å². The van der Waals surface area contributed by atoms with E-state index in [-0.39, 0.29) is 12.4 Å². The molecule has 0 aromatic carbocycles. The molecule has 0 spiro atoms. The predicted molar refractivity (Wildman–Crippen MR) is 66.2 cm³/mol. The summed E-state index contributed by atoms with van der Waals surface area (Å²) in [6, 6.07) is 0. The van der Waals surface area contributed by atoms with Crippen LogP contribution in [0.2, 0.25) is 0 Å². The molecule has 0 saturated carbocycles. The van der Waals surface area contributed by atoms with Crippen molar-refractivity contribution in [3.8, 4) is 0 Å². The fourth-order valence-electron chi connectivity index (χ4n) is 1.18. The standard InChI is InChI=1S/C11H19NO5S/c1-10(2)17-11(13)6-8-12(3,4)7-5-9-18(14,15)16/h5,9H,1,6-8H2,2-4H3. The van der Waals surface area contributed by atoms with Crippen LogP contribution in [0.5, 0.6) is 0 Å². The number of nitrogens with zero attached hydrogens (tertiary/aromatic N) is 1. The first-order valence-electron chi connectivity index (χ1n) is 5.32. The Morgan fingerprint density at radius 3 is 2.44 bits per heavy atom. The van der Waals surface area contributed by atoms with Crippen molar-refractivity contribution in [1.29, 1.82) is 0 Å². The molecule has 7 heteroatoms. The van der Waals surface area contributed by atoms with Gasteiger partial charge in [-0.25, -0.2) is 8.42 Å². The van der Waals surface area contributed by atoms with Crippen molar-refractivity contribution in [2.75, 3.05) is 27.2 Å². The average molecular weight is 277 g/mol. The van der Waals surface area contributed by atoms with Crippen LogP contribution in [0.4, 0.5) is 0 Å². The highest BCUT2D eigenvalue weighted by molar-refractivity contribution is 7.88. The summed E-state index contributed by atoms with van der Waals surface area (Å²) in [6.45, 7) is 5.84. The van der Waals surface area contributed by atoms with E-state index in [1.54, 1.807) is 6.92 Å². The van der Waals surface area contributed by atoms with Gasteiger partial charge in [0.25, 0.3) is 0 Å². The number of rotatable bonds is 7. The van der Waals surface area contributed by atoms with E-state index in [2.05, 4.69) is 6.58 Å². The third kappa shape index (κ3) is 10.0. The molecule has 0 N–H and O–H groups in total. The molecule has 0 radical (unpaired) electrons. The van der Waals surface area contributed by atoms with Crippen LogP contribution < -0.4 is 0 Å². The Labute approximate surface area is 108 Å². The van der Waals surface area contributed by atoms with Crippen LogP contribution >= 0.6 is 0 Å². The lowest BCUT2D eigenvalue weighted by molar-refractivity contribution is -0.883. The maximum absolute atomic E-state index is 11.3. The zero-order chi connectivity index (χ0) is 14.4. The summed E-state index contributed by atoms with van der Waals surface area (Å²) in [6.07, 6.45) is 1.48. The lowest BCUT2D eigenvalue weighted by Crippen LogP contribution is -2.41. The molecule has 0 saturated heterocycles. The van der Waals surface area contributed by atoms with Gasteiger partial charge in [0, 0.05) is 5.41 Å². The lowest BCUT2D eigenvalue weighted by atomic mass is 10.3. The van der Waals surface area contributed by atoms with E-state index in [1.807, 2.05) is 14.1 Å². The van der Waals surface area contributed by atoms with Crippen LogP contribution in [0.25, 0.3) is 0 Å². The lowest BCUT2D eigenvalue weighted by Gasteiger charge is -2.28. The number of esters is 1. The number of carbonyl (C=O) groups is 1. The fourth-order valence-corrected chi connectivity index (χ4v) is 1.50. The quantitative estimate of drug-likeness (QED) is 0.294. The number of hydrogen-bond donors (Lipinski definition) is 0. The first-order valence-corrected chi connectivity index (χ1v) is 6.80. The maximum Gasteiger partial charge on any atom is 0.316 e. The number of allylic oxidation sites excluding steroid dienone is 1. The third-order valence-corrected chi connectivity index (χ3v) is 2.60. The Hall–Kier alpha value is -1.18. The van der Waals surface area contributed by atoms with Crippen molar-refractivity contribution in [3.63, 3.8) is 0 Å². The predicted octanol–water partition coefficient (Wildman–Crippen LogP) is 0.589. The van der Waals surface area contributed by atoms with Gasteiger partial charge in [0.1, 0.15) is 10.1 Å². The van der Waals surface area contributed by atoms with E-state index in [9.17, 15) is 17.8 Å². The van der Waals surface area contributed by atoms with E-state index < -0.39 is 10.1 Å². The van der Waals surface area contributed by atoms with Gasteiger partial charge in [0.15, 0.2) is 0 Å². The Bertz CT molecular complexity index is 436. The van der Waals surface area contributed by atoms with Gasteiger partial charge in [0.2, 0.25) is 0 Å². The summed E-state index contributed by atoms with van der Waals surface area (Å²) in [7, 11) is -0.707. The monoisotopic (exact) mass is 277 g/mol. The molecule has 0 heterocycles. The maximum atomic E-state index is 11.3. The van der Waals surface area contributed by atoms with Crippen LogP contribution in [0, 0.1) is 0 Å². The molecule has 18 heavy (non-hydrogen) atoms. The minimum atomic E-state index is -4.34. The molecule has 0 bridgehead atoms. The van der Waals surface area contributed by atoms with Crippen molar-refractivity contribution in [2.45, 2.75) is 13.3 Å². The number of hydrogen-bond acceptors (Lipinski definition) is 5. The normalized spacial score (nSPS) is 12.7. The number of likely N-dealkylation sites (N-methyl/N-ethyl adjacent to an activating group) is 1. The highest BCUT2D eigenvalue weighted by Gasteiger charge is 2.16. The summed E-state index contributed by atoms with van der Waals surface area (Å²) in [5.41, 5.74) is 0. The Morgan fingerprint density at radius 1 is 1.44 bits per heavy atom. The van der Waals surface area contributed by atoms with Crippen molar-refractivity contribution in [2.24, 2.45) is 0 Å². The summed E-state index contributed by atoms with van der Waals surface area (Å²) >= 11 is 0. The molecule has 0 rings (SSSR count). The minimum Gasteiger partial charge on any atom is -0.744 e. The van der Waals surface area contributed by atoms with Crippen LogP contribution in [0.1, 0.15) is 13.3 Å². The molecule has 0 fully saturated rings.